The van der Waals surface area contributed by atoms with Crippen molar-refractivity contribution in [1.82, 2.24) is 25.3 Å². The first-order chi connectivity index (χ1) is 16.2. The number of fused-ring (bicyclic) bond motifs is 1. The molecule has 0 saturated carbocycles. The van der Waals surface area contributed by atoms with Crippen molar-refractivity contribution in [2.24, 2.45) is 0 Å². The number of nitrogens with zero attached hydrogens (tertiary/aromatic N) is 5. The van der Waals surface area contributed by atoms with Crippen molar-refractivity contribution < 1.29 is 7.24 Å². The Morgan fingerprint density at radius 1 is 1.15 bits per heavy atom. The smallest absolute Gasteiger partial charge is 0.223 e. The number of piperazine rings is 1. The average molecular weight is 449 g/mol. The normalized spacial score (nSPS) is 15.1. The largest absolute Gasteiger partial charge is 0.354 e. The minimum Gasteiger partial charge on any atom is -0.354 e. The molecule has 1 aliphatic heterocycles. The van der Waals surface area contributed by atoms with Gasteiger partial charge in [0.25, 0.3) is 0 Å². The van der Waals surface area contributed by atoms with Gasteiger partial charge in [0.15, 0.2) is 11.6 Å². The lowest BCUT2D eigenvalue weighted by atomic mass is 10.0. The molecular weight excluding hydrogens is 419 g/mol. The first kappa shape index (κ1) is 21.0. The number of anilines is 3. The molecule has 5 rings (SSSR count). The van der Waals surface area contributed by atoms with Crippen LogP contribution >= 0.6 is 0 Å². The molecule has 0 atom stereocenters. The van der Waals surface area contributed by atoms with Gasteiger partial charge >= 0.3 is 0 Å². The van der Waals surface area contributed by atoms with Crippen molar-refractivity contribution in [2.45, 2.75) is 13.0 Å². The second kappa shape index (κ2) is 9.33. The van der Waals surface area contributed by atoms with Crippen molar-refractivity contribution in [3.63, 3.8) is 0 Å². The zero-order chi connectivity index (χ0) is 22.6. The average Bonchev–Trinajstić information content (AvgIpc) is 3.28. The van der Waals surface area contributed by atoms with E-state index >= 15 is 0 Å². The maximum absolute atomic E-state index is 14.3. The van der Waals surface area contributed by atoms with E-state index in [1.165, 1.54) is 12.3 Å². The van der Waals surface area contributed by atoms with Gasteiger partial charge in [0, 0.05) is 71.7 Å². The summed E-state index contributed by atoms with van der Waals surface area (Å²) >= 11 is 0. The van der Waals surface area contributed by atoms with Gasteiger partial charge in [0.1, 0.15) is 5.82 Å². The number of hydrogen-bond donors (Lipinski definition) is 3. The first-order valence-electron chi connectivity index (χ1n) is 11.0. The molecule has 9 heteroatoms. The lowest BCUT2D eigenvalue weighted by Crippen LogP contribution is -2.43. The summed E-state index contributed by atoms with van der Waals surface area (Å²) < 4.78 is 14.3. The van der Waals surface area contributed by atoms with Crippen LogP contribution in [0.1, 0.15) is 25.2 Å². The van der Waals surface area contributed by atoms with Crippen molar-refractivity contribution in [1.29, 1.82) is 0 Å². The molecule has 172 valence electrons. The lowest BCUT2D eigenvalue weighted by molar-refractivity contribution is 0.585. The van der Waals surface area contributed by atoms with Crippen LogP contribution in [0.5, 0.6) is 0 Å². The zero-order valence-electron chi connectivity index (χ0n) is 18.2. The molecule has 1 fully saturated rings. The molecule has 0 amide bonds. The number of halogens is 1. The van der Waals surface area contributed by atoms with E-state index < -0.39 is 5.82 Å². The van der Waals surface area contributed by atoms with Crippen LogP contribution in [0.15, 0.2) is 55.6 Å². The van der Waals surface area contributed by atoms with Gasteiger partial charge in [-0.25, -0.2) is 24.3 Å². The highest BCUT2D eigenvalue weighted by molar-refractivity contribution is 5.83. The number of aromatic nitrogens is 4. The van der Waals surface area contributed by atoms with E-state index in [9.17, 15) is 4.39 Å². The monoisotopic (exact) mass is 448 g/mol. The molecule has 0 bridgehead atoms. The third-order valence-electron chi connectivity index (χ3n) is 5.75. The minimum absolute atomic E-state index is 0. The molecular formula is C24H29FN8. The van der Waals surface area contributed by atoms with Crippen molar-refractivity contribution >= 4 is 23.2 Å². The lowest BCUT2D eigenvalue weighted by Gasteiger charge is -2.28. The maximum Gasteiger partial charge on any atom is 0.223 e. The summed E-state index contributed by atoms with van der Waals surface area (Å²) in [7, 11) is 0. The standard InChI is InChI=1S/C24H25FN8.2H2/c1-2-27-23-20(25)11-17(14-29-23)18-4-5-21-19(18)15-31-24(32-21)30-13-16-3-6-22(28-12-16)33-9-7-26-8-10-33;;/h2-4,6,11-12,14-15,26H,1,5,7-10,13H2,(H,27,29)(H,30,31,32);2*1H. The van der Waals surface area contributed by atoms with Gasteiger partial charge < -0.3 is 20.9 Å². The highest BCUT2D eigenvalue weighted by Gasteiger charge is 2.20. The van der Waals surface area contributed by atoms with Gasteiger partial charge in [-0.15, -0.1) is 0 Å². The molecule has 0 radical (unpaired) electrons. The Labute approximate surface area is 194 Å². The molecule has 0 spiro atoms. The van der Waals surface area contributed by atoms with E-state index in [0.29, 0.717) is 24.5 Å². The van der Waals surface area contributed by atoms with Gasteiger partial charge in [-0.1, -0.05) is 18.7 Å². The van der Waals surface area contributed by atoms with E-state index in [2.05, 4.69) is 59.5 Å². The molecule has 3 N–H and O–H groups in total. The molecule has 0 unspecified atom stereocenters. The van der Waals surface area contributed by atoms with Crippen LogP contribution in [0.4, 0.5) is 22.0 Å². The Hall–Kier alpha value is -3.85. The first-order valence-corrected chi connectivity index (χ1v) is 11.0. The van der Waals surface area contributed by atoms with Crippen LogP contribution in [0.3, 0.4) is 0 Å². The third-order valence-corrected chi connectivity index (χ3v) is 5.75. The van der Waals surface area contributed by atoms with Crippen LogP contribution < -0.4 is 20.9 Å². The molecule has 8 nitrogen and oxygen atoms in total. The van der Waals surface area contributed by atoms with Gasteiger partial charge in [-0.05, 0) is 29.5 Å². The topological polar surface area (TPSA) is 90.9 Å². The Bertz CT molecular complexity index is 1200. The van der Waals surface area contributed by atoms with Gasteiger partial charge in [0.05, 0.1) is 5.69 Å². The van der Waals surface area contributed by atoms with E-state index in [4.69, 9.17) is 0 Å². The molecule has 3 aromatic heterocycles. The Morgan fingerprint density at radius 3 is 2.79 bits per heavy atom. The highest BCUT2D eigenvalue weighted by Crippen LogP contribution is 2.32. The van der Waals surface area contributed by atoms with E-state index in [1.54, 1.807) is 12.4 Å². The summed E-state index contributed by atoms with van der Waals surface area (Å²) in [6, 6.07) is 5.60. The van der Waals surface area contributed by atoms with Crippen molar-refractivity contribution in [2.75, 3.05) is 41.7 Å². The summed E-state index contributed by atoms with van der Waals surface area (Å²) in [6.45, 7) is 8.04. The maximum atomic E-state index is 14.3. The van der Waals surface area contributed by atoms with Crippen LogP contribution in [0, 0.1) is 5.82 Å². The molecule has 0 aromatic carbocycles. The molecule has 33 heavy (non-hydrogen) atoms. The Kier molecular flexibility index (Phi) is 5.95. The van der Waals surface area contributed by atoms with Crippen LogP contribution in [-0.2, 0) is 13.0 Å². The fourth-order valence-corrected chi connectivity index (χ4v) is 4.04. The van der Waals surface area contributed by atoms with Crippen molar-refractivity contribution in [3.05, 3.63) is 83.8 Å². The van der Waals surface area contributed by atoms with Gasteiger partial charge in [-0.2, -0.15) is 0 Å². The van der Waals surface area contributed by atoms with Crippen LogP contribution in [-0.4, -0.2) is 46.1 Å². The van der Waals surface area contributed by atoms with Crippen LogP contribution in [0.25, 0.3) is 5.57 Å². The molecule has 3 aromatic rings. The predicted molar refractivity (Wildman–Crippen MR) is 132 cm³/mol. The van der Waals surface area contributed by atoms with Crippen molar-refractivity contribution in [3.8, 4) is 0 Å². The number of hydrogen-bond acceptors (Lipinski definition) is 8. The van der Waals surface area contributed by atoms with E-state index in [1.807, 2.05) is 12.3 Å². The summed E-state index contributed by atoms with van der Waals surface area (Å²) in [5.74, 6) is 1.28. The number of nitrogens with one attached hydrogen (secondary N) is 3. The third kappa shape index (κ3) is 4.54. The predicted octanol–water partition coefficient (Wildman–Crippen LogP) is 3.46. The quantitative estimate of drug-likeness (QED) is 0.506. The zero-order valence-corrected chi connectivity index (χ0v) is 18.2. The summed E-state index contributed by atoms with van der Waals surface area (Å²) in [6.07, 6.45) is 9.40. The van der Waals surface area contributed by atoms with E-state index in [-0.39, 0.29) is 8.67 Å². The molecule has 2 aliphatic rings. The fraction of sp³-hybridized carbons (Fsp3) is 0.250. The van der Waals surface area contributed by atoms with E-state index in [0.717, 1.165) is 54.4 Å². The summed E-state index contributed by atoms with van der Waals surface area (Å²) in [5, 5.41) is 9.31. The highest BCUT2D eigenvalue weighted by atomic mass is 19.1. The Morgan fingerprint density at radius 2 is 2.03 bits per heavy atom. The number of allylic oxidation sites excluding steroid dienone is 1. The molecule has 1 saturated heterocycles. The molecule has 1 aliphatic carbocycles. The Balaban J connectivity index is 0.00000171. The fourth-order valence-electron chi connectivity index (χ4n) is 4.04. The van der Waals surface area contributed by atoms with Crippen LogP contribution in [0.2, 0.25) is 0 Å². The summed E-state index contributed by atoms with van der Waals surface area (Å²) in [5.41, 5.74) is 4.45. The SMILES string of the molecule is C=CNc1ncc(C2=CCc3nc(NCc4ccc(N5CCNCC5)nc4)ncc32)cc1F.[HH].[HH]. The number of rotatable bonds is 7. The van der Waals surface area contributed by atoms with Gasteiger partial charge in [0.2, 0.25) is 5.95 Å². The second-order valence-corrected chi connectivity index (χ2v) is 7.89. The number of pyridine rings is 2. The second-order valence-electron chi connectivity index (χ2n) is 7.89. The molecule has 4 heterocycles. The van der Waals surface area contributed by atoms with Gasteiger partial charge in [-0.3, -0.25) is 0 Å². The minimum atomic E-state index is -0.433. The summed E-state index contributed by atoms with van der Waals surface area (Å²) in [4.78, 5) is 20.1.